The normalized spacial score (nSPS) is 25.4. The van der Waals surface area contributed by atoms with Crippen molar-refractivity contribution < 1.29 is 9.47 Å². The third kappa shape index (κ3) is 8.97. The Morgan fingerprint density at radius 3 is 2.39 bits per heavy atom. The zero-order valence-electron chi connectivity index (χ0n) is 20.2. The quantitative estimate of drug-likeness (QED) is 0.280. The van der Waals surface area contributed by atoms with Gasteiger partial charge in [0.2, 0.25) is 0 Å². The maximum Gasteiger partial charge on any atom is 0.193 e. The number of likely N-dealkylation sites (N-methyl/N-ethyl adjacent to an activating group) is 1. The van der Waals surface area contributed by atoms with E-state index in [1.807, 2.05) is 0 Å². The number of nitrogens with zero attached hydrogens (tertiary/aromatic N) is 3. The largest absolute Gasteiger partial charge is 0.376 e. The molecule has 2 unspecified atom stereocenters. The summed E-state index contributed by atoms with van der Waals surface area (Å²) in [6, 6.07) is 0.551. The summed E-state index contributed by atoms with van der Waals surface area (Å²) in [5.74, 6) is 1.88. The summed E-state index contributed by atoms with van der Waals surface area (Å²) >= 11 is 0. The predicted octanol–water partition coefficient (Wildman–Crippen LogP) is 4.13. The molecule has 1 N–H and O–H groups in total. The van der Waals surface area contributed by atoms with Crippen LogP contribution in [0, 0.1) is 5.92 Å². The van der Waals surface area contributed by atoms with E-state index < -0.39 is 0 Å². The van der Waals surface area contributed by atoms with Crippen LogP contribution in [0.5, 0.6) is 0 Å². The molecule has 1 aliphatic carbocycles. The van der Waals surface area contributed by atoms with E-state index in [1.165, 1.54) is 44.9 Å². The highest BCUT2D eigenvalue weighted by molar-refractivity contribution is 14.0. The van der Waals surface area contributed by atoms with Crippen LogP contribution >= 0.6 is 24.0 Å². The molecule has 1 saturated carbocycles. The van der Waals surface area contributed by atoms with Crippen molar-refractivity contribution >= 4 is 29.9 Å². The summed E-state index contributed by atoms with van der Waals surface area (Å²) in [6.07, 6.45) is 13.4. The monoisotopic (exact) mass is 550 g/mol. The first-order valence-corrected chi connectivity index (χ1v) is 12.6. The average molecular weight is 551 g/mol. The number of piperidine rings is 1. The first kappa shape index (κ1) is 27.1. The number of rotatable bonds is 8. The molecule has 7 heteroatoms. The van der Waals surface area contributed by atoms with Crippen LogP contribution in [0.25, 0.3) is 0 Å². The minimum absolute atomic E-state index is 0. The number of hydrogen-bond donors (Lipinski definition) is 1. The molecule has 2 heterocycles. The van der Waals surface area contributed by atoms with Crippen LogP contribution < -0.4 is 5.32 Å². The van der Waals surface area contributed by atoms with Gasteiger partial charge in [0.25, 0.3) is 0 Å². The van der Waals surface area contributed by atoms with E-state index in [0.29, 0.717) is 18.2 Å². The van der Waals surface area contributed by atoms with Crippen LogP contribution in [0.3, 0.4) is 0 Å². The molecule has 3 rings (SSSR count). The van der Waals surface area contributed by atoms with Gasteiger partial charge in [-0.3, -0.25) is 4.99 Å². The second kappa shape index (κ2) is 14.9. The van der Waals surface area contributed by atoms with E-state index in [4.69, 9.17) is 14.5 Å². The molecule has 2 aliphatic heterocycles. The van der Waals surface area contributed by atoms with Gasteiger partial charge in [0.15, 0.2) is 5.96 Å². The van der Waals surface area contributed by atoms with Crippen molar-refractivity contribution in [1.29, 1.82) is 0 Å². The summed E-state index contributed by atoms with van der Waals surface area (Å²) in [6.45, 7) is 7.71. The van der Waals surface area contributed by atoms with Gasteiger partial charge in [-0.2, -0.15) is 0 Å². The topological polar surface area (TPSA) is 49.3 Å². The van der Waals surface area contributed by atoms with Crippen LogP contribution in [-0.4, -0.2) is 87.5 Å². The number of likely N-dealkylation sites (tertiary alicyclic amines) is 1. The third-order valence-corrected chi connectivity index (χ3v) is 7.15. The minimum Gasteiger partial charge on any atom is -0.376 e. The Morgan fingerprint density at radius 2 is 1.77 bits per heavy atom. The Kier molecular flexibility index (Phi) is 13.0. The SMILES string of the molecule is CCNC(=NCC(C1CCCCC1)N(C)C)N1CCC(OCC2CCCCO2)CC1.I. The fraction of sp³-hybridized carbons (Fsp3) is 0.958. The first-order chi connectivity index (χ1) is 14.7. The minimum atomic E-state index is 0. The van der Waals surface area contributed by atoms with E-state index in [0.717, 1.165) is 70.5 Å². The van der Waals surface area contributed by atoms with Gasteiger partial charge < -0.3 is 24.6 Å². The number of guanidine groups is 1. The molecule has 0 amide bonds. The Hall–Kier alpha value is -0.120. The smallest absolute Gasteiger partial charge is 0.193 e. The van der Waals surface area contributed by atoms with E-state index in [-0.39, 0.29) is 24.0 Å². The Balaban J connectivity index is 0.00000341. The molecule has 0 aromatic rings. The van der Waals surface area contributed by atoms with Crippen molar-refractivity contribution in [3.8, 4) is 0 Å². The van der Waals surface area contributed by atoms with Crippen molar-refractivity contribution in [1.82, 2.24) is 15.1 Å². The maximum absolute atomic E-state index is 6.20. The molecule has 0 aromatic heterocycles. The highest BCUT2D eigenvalue weighted by Crippen LogP contribution is 2.28. The number of halogens is 1. The van der Waals surface area contributed by atoms with Crippen LogP contribution in [0.15, 0.2) is 4.99 Å². The Bertz CT molecular complexity index is 500. The lowest BCUT2D eigenvalue weighted by molar-refractivity contribution is -0.0721. The van der Waals surface area contributed by atoms with Crippen LogP contribution in [0.1, 0.15) is 71.1 Å². The van der Waals surface area contributed by atoms with Gasteiger partial charge in [0.1, 0.15) is 0 Å². The predicted molar refractivity (Wildman–Crippen MR) is 140 cm³/mol. The number of ether oxygens (including phenoxy) is 2. The molecule has 0 radical (unpaired) electrons. The fourth-order valence-electron chi connectivity index (χ4n) is 5.28. The molecule has 3 aliphatic rings. The van der Waals surface area contributed by atoms with Crippen molar-refractivity contribution in [2.75, 3.05) is 53.5 Å². The zero-order chi connectivity index (χ0) is 21.2. The van der Waals surface area contributed by atoms with Crippen molar-refractivity contribution in [3.63, 3.8) is 0 Å². The van der Waals surface area contributed by atoms with Crippen molar-refractivity contribution in [2.45, 2.75) is 89.4 Å². The summed E-state index contributed by atoms with van der Waals surface area (Å²) in [5.41, 5.74) is 0. The zero-order valence-corrected chi connectivity index (χ0v) is 22.5. The molecule has 3 fully saturated rings. The van der Waals surface area contributed by atoms with Crippen molar-refractivity contribution in [2.24, 2.45) is 10.9 Å². The van der Waals surface area contributed by atoms with Gasteiger partial charge in [0, 0.05) is 32.3 Å². The summed E-state index contributed by atoms with van der Waals surface area (Å²) in [5, 5.41) is 3.54. The van der Waals surface area contributed by atoms with Gasteiger partial charge >= 0.3 is 0 Å². The van der Waals surface area contributed by atoms with E-state index in [2.05, 4.69) is 36.1 Å². The second-order valence-electron chi connectivity index (χ2n) is 9.63. The fourth-order valence-corrected chi connectivity index (χ4v) is 5.28. The molecule has 0 spiro atoms. The number of nitrogens with one attached hydrogen (secondary N) is 1. The lowest BCUT2D eigenvalue weighted by Gasteiger charge is -2.36. The molecular formula is C24H47IN4O2. The lowest BCUT2D eigenvalue weighted by atomic mass is 9.83. The van der Waals surface area contributed by atoms with Crippen molar-refractivity contribution in [3.05, 3.63) is 0 Å². The summed E-state index contributed by atoms with van der Waals surface area (Å²) < 4.78 is 12.0. The second-order valence-corrected chi connectivity index (χ2v) is 9.63. The summed E-state index contributed by atoms with van der Waals surface area (Å²) in [4.78, 5) is 9.95. The average Bonchev–Trinajstić information content (AvgIpc) is 2.79. The highest BCUT2D eigenvalue weighted by Gasteiger charge is 2.27. The van der Waals surface area contributed by atoms with Gasteiger partial charge in [0.05, 0.1) is 25.4 Å². The number of hydrogen-bond acceptors (Lipinski definition) is 4. The Labute approximate surface area is 207 Å². The maximum atomic E-state index is 6.20. The standard InChI is InChI=1S/C24H46N4O2.HI/c1-4-25-24(26-18-23(27(2)3)20-10-6-5-7-11-20)28-15-13-21(14-16-28)30-19-22-12-8-9-17-29-22;/h20-23H,4-19H2,1-3H3,(H,25,26);1H. The van der Waals surface area contributed by atoms with Gasteiger partial charge in [-0.15, -0.1) is 24.0 Å². The third-order valence-electron chi connectivity index (χ3n) is 7.15. The lowest BCUT2D eigenvalue weighted by Crippen LogP contribution is -2.48. The van der Waals surface area contributed by atoms with Gasteiger partial charge in [-0.1, -0.05) is 19.3 Å². The van der Waals surface area contributed by atoms with E-state index in [1.54, 1.807) is 0 Å². The van der Waals surface area contributed by atoms with E-state index >= 15 is 0 Å². The van der Waals surface area contributed by atoms with Crippen LogP contribution in [0.2, 0.25) is 0 Å². The molecule has 2 saturated heterocycles. The van der Waals surface area contributed by atoms with Crippen LogP contribution in [-0.2, 0) is 9.47 Å². The number of aliphatic imine (C=N–C) groups is 1. The first-order valence-electron chi connectivity index (χ1n) is 12.6. The molecule has 6 nitrogen and oxygen atoms in total. The molecule has 0 aromatic carbocycles. The molecular weight excluding hydrogens is 503 g/mol. The van der Waals surface area contributed by atoms with Crippen LogP contribution in [0.4, 0.5) is 0 Å². The van der Waals surface area contributed by atoms with Gasteiger partial charge in [-0.05, 0) is 71.9 Å². The molecule has 182 valence electrons. The Morgan fingerprint density at radius 1 is 1.06 bits per heavy atom. The van der Waals surface area contributed by atoms with E-state index in [9.17, 15) is 0 Å². The molecule has 0 bridgehead atoms. The molecule has 31 heavy (non-hydrogen) atoms. The van der Waals surface area contributed by atoms with Gasteiger partial charge in [-0.25, -0.2) is 0 Å². The summed E-state index contributed by atoms with van der Waals surface area (Å²) in [7, 11) is 4.45. The highest BCUT2D eigenvalue weighted by atomic mass is 127. The molecule has 2 atom stereocenters.